The molecule has 1 aliphatic heterocycles. The second-order valence-corrected chi connectivity index (χ2v) is 8.48. The van der Waals surface area contributed by atoms with Gasteiger partial charge in [0.25, 0.3) is 5.91 Å². The van der Waals surface area contributed by atoms with Crippen molar-refractivity contribution in [2.75, 3.05) is 32.7 Å². The Morgan fingerprint density at radius 1 is 0.900 bits per heavy atom. The van der Waals surface area contributed by atoms with E-state index in [1.807, 2.05) is 0 Å². The number of carbonyl (C=O) groups excluding carboxylic acids is 2. The zero-order valence-electron chi connectivity index (χ0n) is 15.6. The van der Waals surface area contributed by atoms with E-state index >= 15 is 0 Å². The van der Waals surface area contributed by atoms with Crippen molar-refractivity contribution in [2.24, 2.45) is 0 Å². The van der Waals surface area contributed by atoms with Crippen LogP contribution in [0.2, 0.25) is 0 Å². The Labute approximate surface area is 171 Å². The molecule has 0 radical (unpaired) electrons. The second-order valence-electron chi connectivity index (χ2n) is 6.55. The summed E-state index contributed by atoms with van der Waals surface area (Å²) < 4.78 is 65.9. The molecule has 30 heavy (non-hydrogen) atoms. The molecule has 1 heterocycles. The molecule has 0 unspecified atom stereocenters. The van der Waals surface area contributed by atoms with Gasteiger partial charge in [0.15, 0.2) is 0 Å². The van der Waals surface area contributed by atoms with E-state index in [9.17, 15) is 31.2 Å². The molecule has 0 saturated carbocycles. The maximum Gasteiger partial charge on any atom is 0.254 e. The molecule has 7 nitrogen and oxygen atoms in total. The van der Waals surface area contributed by atoms with Gasteiger partial charge >= 0.3 is 0 Å². The molecule has 0 aliphatic carbocycles. The van der Waals surface area contributed by atoms with Gasteiger partial charge in [-0.15, -0.1) is 0 Å². The van der Waals surface area contributed by atoms with Crippen LogP contribution >= 0.6 is 0 Å². The summed E-state index contributed by atoms with van der Waals surface area (Å²) in [4.78, 5) is 25.6. The fourth-order valence-corrected chi connectivity index (χ4v) is 4.39. The molecule has 1 saturated heterocycles. The highest BCUT2D eigenvalue weighted by Gasteiger charge is 2.30. The fraction of sp³-hybridized carbons (Fsp3) is 0.263. The summed E-state index contributed by atoms with van der Waals surface area (Å²) >= 11 is 0. The van der Waals surface area contributed by atoms with Crippen molar-refractivity contribution in [3.8, 4) is 0 Å². The van der Waals surface area contributed by atoms with Crippen molar-refractivity contribution in [3.05, 3.63) is 65.5 Å². The van der Waals surface area contributed by atoms with Crippen molar-refractivity contribution >= 4 is 21.8 Å². The molecule has 2 aromatic rings. The molecule has 0 aromatic heterocycles. The van der Waals surface area contributed by atoms with E-state index in [1.165, 1.54) is 21.3 Å². The summed E-state index contributed by atoms with van der Waals surface area (Å²) in [5, 5.41) is 2.27. The third-order valence-electron chi connectivity index (χ3n) is 4.62. The molecule has 2 aromatic carbocycles. The van der Waals surface area contributed by atoms with Gasteiger partial charge in [-0.25, -0.2) is 21.6 Å². The number of amides is 2. The summed E-state index contributed by atoms with van der Waals surface area (Å²) in [6.07, 6.45) is 0. The normalized spacial score (nSPS) is 15.1. The van der Waals surface area contributed by atoms with Crippen LogP contribution in [0.5, 0.6) is 0 Å². The Balaban J connectivity index is 1.54. The van der Waals surface area contributed by atoms with Crippen molar-refractivity contribution < 1.29 is 31.2 Å². The number of nitrogens with one attached hydrogen (secondary N) is 1. The highest BCUT2D eigenvalue weighted by molar-refractivity contribution is 7.89. The van der Waals surface area contributed by atoms with Gasteiger partial charge in [-0.3, -0.25) is 9.59 Å². The third-order valence-corrected chi connectivity index (χ3v) is 6.53. The number of rotatable bonds is 5. The molecule has 1 aliphatic rings. The zero-order chi connectivity index (χ0) is 21.9. The number of benzene rings is 2. The second kappa shape index (κ2) is 8.84. The van der Waals surface area contributed by atoms with Crippen molar-refractivity contribution in [2.45, 2.75) is 4.90 Å². The fourth-order valence-electron chi connectivity index (χ4n) is 2.97. The van der Waals surface area contributed by atoms with Crippen LogP contribution in [0.4, 0.5) is 13.2 Å². The summed E-state index contributed by atoms with van der Waals surface area (Å²) in [5.41, 5.74) is -0.389. The molecule has 1 N–H and O–H groups in total. The molecule has 11 heteroatoms. The first kappa shape index (κ1) is 21.8. The van der Waals surface area contributed by atoms with Gasteiger partial charge < -0.3 is 10.2 Å². The van der Waals surface area contributed by atoms with Crippen LogP contribution < -0.4 is 5.32 Å². The largest absolute Gasteiger partial charge is 0.343 e. The smallest absolute Gasteiger partial charge is 0.254 e. The topological polar surface area (TPSA) is 86.8 Å². The highest BCUT2D eigenvalue weighted by atomic mass is 32.2. The number of nitrogens with zero attached hydrogens (tertiary/aromatic N) is 2. The van der Waals surface area contributed by atoms with E-state index < -0.39 is 45.8 Å². The van der Waals surface area contributed by atoms with Gasteiger partial charge in [0.1, 0.15) is 17.5 Å². The molecule has 0 atom stereocenters. The highest BCUT2D eigenvalue weighted by Crippen LogP contribution is 2.18. The number of halogens is 3. The lowest BCUT2D eigenvalue weighted by Gasteiger charge is -2.34. The van der Waals surface area contributed by atoms with Gasteiger partial charge in [0, 0.05) is 32.2 Å². The third kappa shape index (κ3) is 4.79. The Morgan fingerprint density at radius 3 is 2.10 bits per heavy atom. The lowest BCUT2D eigenvalue weighted by Crippen LogP contribution is -2.52. The van der Waals surface area contributed by atoms with Crippen LogP contribution in [0.15, 0.2) is 47.4 Å². The molecule has 3 rings (SSSR count). The molecular formula is C19H18F3N3O4S. The maximum absolute atomic E-state index is 13.6. The van der Waals surface area contributed by atoms with Crippen LogP contribution in [-0.2, 0) is 14.8 Å². The van der Waals surface area contributed by atoms with Crippen molar-refractivity contribution in [1.82, 2.24) is 14.5 Å². The lowest BCUT2D eigenvalue weighted by molar-refractivity contribution is -0.131. The number of hydrogen-bond donors (Lipinski definition) is 1. The maximum atomic E-state index is 13.6. The predicted octanol–water partition coefficient (Wildman–Crippen LogP) is 1.37. The van der Waals surface area contributed by atoms with Gasteiger partial charge in [-0.2, -0.15) is 4.31 Å². The first-order valence-corrected chi connectivity index (χ1v) is 10.4. The Bertz CT molecular complexity index is 1050. The van der Waals surface area contributed by atoms with Gasteiger partial charge in [-0.05, 0) is 36.4 Å². The van der Waals surface area contributed by atoms with Crippen LogP contribution in [0.25, 0.3) is 0 Å². The minimum Gasteiger partial charge on any atom is -0.343 e. The van der Waals surface area contributed by atoms with Crippen LogP contribution in [0, 0.1) is 17.5 Å². The zero-order valence-corrected chi connectivity index (χ0v) is 16.5. The number of piperazine rings is 1. The Kier molecular flexibility index (Phi) is 6.42. The molecule has 0 bridgehead atoms. The van der Waals surface area contributed by atoms with E-state index in [0.717, 1.165) is 24.3 Å². The monoisotopic (exact) mass is 441 g/mol. The molecule has 2 amide bonds. The first-order chi connectivity index (χ1) is 14.2. The van der Waals surface area contributed by atoms with E-state index in [2.05, 4.69) is 5.32 Å². The number of hydrogen-bond acceptors (Lipinski definition) is 4. The van der Waals surface area contributed by atoms with Crippen LogP contribution in [0.1, 0.15) is 10.4 Å². The number of sulfonamides is 1. The summed E-state index contributed by atoms with van der Waals surface area (Å²) in [6.45, 7) is -0.154. The Morgan fingerprint density at radius 2 is 1.50 bits per heavy atom. The van der Waals surface area contributed by atoms with Gasteiger partial charge in [-0.1, -0.05) is 0 Å². The van der Waals surface area contributed by atoms with E-state index in [4.69, 9.17) is 0 Å². The average molecular weight is 441 g/mol. The van der Waals surface area contributed by atoms with E-state index in [1.54, 1.807) is 0 Å². The minimum atomic E-state index is -3.81. The van der Waals surface area contributed by atoms with E-state index in [0.29, 0.717) is 6.07 Å². The summed E-state index contributed by atoms with van der Waals surface area (Å²) in [7, 11) is -3.81. The summed E-state index contributed by atoms with van der Waals surface area (Å²) in [5.74, 6) is -3.75. The van der Waals surface area contributed by atoms with Crippen LogP contribution in [0.3, 0.4) is 0 Å². The quantitative estimate of drug-likeness (QED) is 0.760. The molecular weight excluding hydrogens is 423 g/mol. The van der Waals surface area contributed by atoms with Gasteiger partial charge in [0.2, 0.25) is 15.9 Å². The molecule has 0 spiro atoms. The standard InChI is InChI=1S/C19H18F3N3O4S/c20-13-1-4-15(5-2-13)30(28,29)25-9-7-24(8-10-25)18(26)12-23-19(27)16-6-3-14(21)11-17(16)22/h1-6,11H,7-10,12H2,(H,23,27). The first-order valence-electron chi connectivity index (χ1n) is 8.95. The predicted molar refractivity (Wildman–Crippen MR) is 100 cm³/mol. The van der Waals surface area contributed by atoms with Crippen LogP contribution in [-0.4, -0.2) is 62.2 Å². The lowest BCUT2D eigenvalue weighted by atomic mass is 10.2. The average Bonchev–Trinajstić information content (AvgIpc) is 2.72. The molecule has 1 fully saturated rings. The minimum absolute atomic E-state index is 0.0337. The van der Waals surface area contributed by atoms with E-state index in [-0.39, 0.29) is 36.6 Å². The summed E-state index contributed by atoms with van der Waals surface area (Å²) in [6, 6.07) is 6.93. The molecule has 160 valence electrons. The van der Waals surface area contributed by atoms with Crippen molar-refractivity contribution in [3.63, 3.8) is 0 Å². The SMILES string of the molecule is O=C(NCC(=O)N1CCN(S(=O)(=O)c2ccc(F)cc2)CC1)c1ccc(F)cc1F. The van der Waals surface area contributed by atoms with Crippen molar-refractivity contribution in [1.29, 1.82) is 0 Å². The number of carbonyl (C=O) groups is 2. The van der Waals surface area contributed by atoms with Gasteiger partial charge in [0.05, 0.1) is 17.0 Å². The Hall–Kier alpha value is -2.92.